The third-order valence-corrected chi connectivity index (χ3v) is 1.93. The SMILES string of the molecule is CC(O)c1cc(F)c2c(c1)OCO2. The molecule has 0 aromatic heterocycles. The number of fused-ring (bicyclic) bond motifs is 1. The van der Waals surface area contributed by atoms with Crippen molar-refractivity contribution >= 4 is 0 Å². The summed E-state index contributed by atoms with van der Waals surface area (Å²) in [4.78, 5) is 0. The molecule has 4 heteroatoms. The fourth-order valence-electron chi connectivity index (χ4n) is 1.23. The topological polar surface area (TPSA) is 38.7 Å². The van der Waals surface area contributed by atoms with Crippen molar-refractivity contribution in [2.75, 3.05) is 6.79 Å². The number of aliphatic hydroxyl groups is 1. The lowest BCUT2D eigenvalue weighted by Crippen LogP contribution is -1.93. The second-order valence-electron chi connectivity index (χ2n) is 2.91. The van der Waals surface area contributed by atoms with Gasteiger partial charge in [-0.25, -0.2) is 4.39 Å². The van der Waals surface area contributed by atoms with Gasteiger partial charge in [0.25, 0.3) is 0 Å². The van der Waals surface area contributed by atoms with Crippen LogP contribution in [-0.2, 0) is 0 Å². The number of hydrogen-bond acceptors (Lipinski definition) is 3. The van der Waals surface area contributed by atoms with E-state index in [0.717, 1.165) is 0 Å². The zero-order valence-electron chi connectivity index (χ0n) is 7.08. The number of benzene rings is 1. The van der Waals surface area contributed by atoms with Crippen molar-refractivity contribution in [1.29, 1.82) is 0 Å². The number of ether oxygens (including phenoxy) is 2. The normalized spacial score (nSPS) is 15.9. The summed E-state index contributed by atoms with van der Waals surface area (Å²) < 4.78 is 23.1. The Labute approximate surface area is 74.7 Å². The molecule has 13 heavy (non-hydrogen) atoms. The van der Waals surface area contributed by atoms with E-state index >= 15 is 0 Å². The Kier molecular flexibility index (Phi) is 1.84. The average Bonchev–Trinajstić information content (AvgIpc) is 2.51. The van der Waals surface area contributed by atoms with Gasteiger partial charge >= 0.3 is 0 Å². The van der Waals surface area contributed by atoms with Crippen molar-refractivity contribution in [3.63, 3.8) is 0 Å². The molecule has 1 atom stereocenters. The summed E-state index contributed by atoms with van der Waals surface area (Å²) in [7, 11) is 0. The monoisotopic (exact) mass is 184 g/mol. The van der Waals surface area contributed by atoms with Gasteiger partial charge in [-0.2, -0.15) is 0 Å². The van der Waals surface area contributed by atoms with Crippen LogP contribution in [0.1, 0.15) is 18.6 Å². The van der Waals surface area contributed by atoms with Crippen molar-refractivity contribution in [2.24, 2.45) is 0 Å². The van der Waals surface area contributed by atoms with Gasteiger partial charge < -0.3 is 14.6 Å². The van der Waals surface area contributed by atoms with Gasteiger partial charge in [-0.15, -0.1) is 0 Å². The van der Waals surface area contributed by atoms with E-state index in [-0.39, 0.29) is 12.5 Å². The van der Waals surface area contributed by atoms with E-state index in [1.165, 1.54) is 6.07 Å². The Bertz CT molecular complexity index is 336. The molecule has 70 valence electrons. The highest BCUT2D eigenvalue weighted by molar-refractivity contribution is 5.46. The van der Waals surface area contributed by atoms with E-state index in [9.17, 15) is 9.50 Å². The van der Waals surface area contributed by atoms with Gasteiger partial charge in [0.2, 0.25) is 12.5 Å². The largest absolute Gasteiger partial charge is 0.453 e. The Morgan fingerprint density at radius 2 is 2.23 bits per heavy atom. The van der Waals surface area contributed by atoms with Gasteiger partial charge in [0.05, 0.1) is 6.10 Å². The summed E-state index contributed by atoms with van der Waals surface area (Å²) in [5.74, 6) is -0.00815. The minimum absolute atomic E-state index is 0.0372. The lowest BCUT2D eigenvalue weighted by Gasteiger charge is -2.05. The van der Waals surface area contributed by atoms with Gasteiger partial charge in [-0.1, -0.05) is 0 Å². The van der Waals surface area contributed by atoms with Crippen LogP contribution in [0.4, 0.5) is 4.39 Å². The molecule has 1 heterocycles. The molecule has 1 aliphatic heterocycles. The van der Waals surface area contributed by atoms with Gasteiger partial charge in [0.15, 0.2) is 11.6 Å². The third kappa shape index (κ3) is 1.33. The van der Waals surface area contributed by atoms with Gasteiger partial charge in [-0.3, -0.25) is 0 Å². The van der Waals surface area contributed by atoms with Crippen LogP contribution >= 0.6 is 0 Å². The number of halogens is 1. The van der Waals surface area contributed by atoms with E-state index in [1.807, 2.05) is 0 Å². The lowest BCUT2D eigenvalue weighted by molar-refractivity contribution is 0.170. The summed E-state index contributed by atoms with van der Waals surface area (Å²) in [6.45, 7) is 1.60. The molecule has 1 unspecified atom stereocenters. The molecule has 0 saturated heterocycles. The van der Waals surface area contributed by atoms with Crippen molar-refractivity contribution < 1.29 is 19.0 Å². The van der Waals surface area contributed by atoms with Crippen LogP contribution in [0.2, 0.25) is 0 Å². The first-order valence-corrected chi connectivity index (χ1v) is 3.95. The summed E-state index contributed by atoms with van der Waals surface area (Å²) in [5, 5.41) is 9.22. The van der Waals surface area contributed by atoms with Crippen LogP contribution in [0.3, 0.4) is 0 Å². The van der Waals surface area contributed by atoms with E-state index in [1.54, 1.807) is 13.0 Å². The quantitative estimate of drug-likeness (QED) is 0.720. The van der Waals surface area contributed by atoms with E-state index in [2.05, 4.69) is 0 Å². The molecule has 1 aliphatic rings. The standard InChI is InChI=1S/C9H9FO3/c1-5(11)6-2-7(10)9-8(3-6)12-4-13-9/h2-3,5,11H,4H2,1H3. The molecule has 3 nitrogen and oxygen atoms in total. The molecule has 0 radical (unpaired) electrons. The second kappa shape index (κ2) is 2.88. The minimum atomic E-state index is -0.705. The van der Waals surface area contributed by atoms with Gasteiger partial charge in [0.1, 0.15) is 0 Å². The van der Waals surface area contributed by atoms with E-state index in [0.29, 0.717) is 11.3 Å². The maximum absolute atomic E-state index is 13.2. The van der Waals surface area contributed by atoms with Crippen LogP contribution < -0.4 is 9.47 Å². The summed E-state index contributed by atoms with van der Waals surface area (Å²) in [5.41, 5.74) is 0.488. The fraction of sp³-hybridized carbons (Fsp3) is 0.333. The summed E-state index contributed by atoms with van der Waals surface area (Å²) in [6, 6.07) is 2.83. The highest BCUT2D eigenvalue weighted by atomic mass is 19.1. The first-order chi connectivity index (χ1) is 6.18. The van der Waals surface area contributed by atoms with E-state index < -0.39 is 11.9 Å². The van der Waals surface area contributed by atoms with E-state index in [4.69, 9.17) is 9.47 Å². The molecule has 0 aliphatic carbocycles. The smallest absolute Gasteiger partial charge is 0.231 e. The second-order valence-corrected chi connectivity index (χ2v) is 2.91. The molecule has 1 aromatic carbocycles. The fourth-order valence-corrected chi connectivity index (χ4v) is 1.23. The summed E-state index contributed by atoms with van der Waals surface area (Å²) in [6.07, 6.45) is -0.705. The van der Waals surface area contributed by atoms with Crippen molar-refractivity contribution in [2.45, 2.75) is 13.0 Å². The Morgan fingerprint density at radius 3 is 2.92 bits per heavy atom. The predicted octanol–water partition coefficient (Wildman–Crippen LogP) is 1.61. The molecule has 1 aromatic rings. The lowest BCUT2D eigenvalue weighted by atomic mass is 10.1. The molecule has 0 fully saturated rings. The predicted molar refractivity (Wildman–Crippen MR) is 43.2 cm³/mol. The van der Waals surface area contributed by atoms with Crippen LogP contribution in [0.25, 0.3) is 0 Å². The van der Waals surface area contributed by atoms with Gasteiger partial charge in [0, 0.05) is 0 Å². The number of hydrogen-bond donors (Lipinski definition) is 1. The molecular formula is C9H9FO3. The number of rotatable bonds is 1. The van der Waals surface area contributed by atoms with Crippen LogP contribution in [-0.4, -0.2) is 11.9 Å². The molecule has 0 spiro atoms. The Morgan fingerprint density at radius 1 is 1.46 bits per heavy atom. The highest BCUT2D eigenvalue weighted by Gasteiger charge is 2.20. The van der Waals surface area contributed by atoms with Crippen molar-refractivity contribution in [1.82, 2.24) is 0 Å². The Hall–Kier alpha value is -1.29. The molecule has 0 saturated carbocycles. The van der Waals surface area contributed by atoms with Crippen molar-refractivity contribution in [3.8, 4) is 11.5 Å². The maximum atomic E-state index is 13.2. The Balaban J connectivity index is 2.49. The zero-order chi connectivity index (χ0) is 9.42. The minimum Gasteiger partial charge on any atom is -0.453 e. The third-order valence-electron chi connectivity index (χ3n) is 1.93. The first kappa shape index (κ1) is 8.31. The van der Waals surface area contributed by atoms with Gasteiger partial charge in [-0.05, 0) is 24.6 Å². The van der Waals surface area contributed by atoms with Crippen molar-refractivity contribution in [3.05, 3.63) is 23.5 Å². The van der Waals surface area contributed by atoms with Crippen LogP contribution in [0, 0.1) is 5.82 Å². The summed E-state index contributed by atoms with van der Waals surface area (Å²) >= 11 is 0. The molecule has 2 rings (SSSR count). The van der Waals surface area contributed by atoms with Crippen LogP contribution in [0.15, 0.2) is 12.1 Å². The first-order valence-electron chi connectivity index (χ1n) is 3.95. The zero-order valence-corrected chi connectivity index (χ0v) is 7.08. The number of aliphatic hydroxyl groups excluding tert-OH is 1. The molecule has 1 N–H and O–H groups in total. The highest BCUT2D eigenvalue weighted by Crippen LogP contribution is 2.36. The molecule has 0 bridgehead atoms. The molecular weight excluding hydrogens is 175 g/mol. The maximum Gasteiger partial charge on any atom is 0.231 e. The average molecular weight is 184 g/mol. The van der Waals surface area contributed by atoms with Crippen LogP contribution in [0.5, 0.6) is 11.5 Å². The molecule has 0 amide bonds.